The Balaban J connectivity index is 0.00000320. The van der Waals surface area contributed by atoms with E-state index >= 15 is 0 Å². The van der Waals surface area contributed by atoms with Gasteiger partial charge in [0.1, 0.15) is 5.82 Å². The molecule has 1 aromatic carbocycles. The van der Waals surface area contributed by atoms with E-state index in [1.54, 1.807) is 7.05 Å². The van der Waals surface area contributed by atoms with Gasteiger partial charge in [0, 0.05) is 48.9 Å². The molecule has 0 radical (unpaired) electrons. The molecule has 166 valence electrons. The molecule has 1 fully saturated rings. The number of rotatable bonds is 7. The number of nitrogens with one attached hydrogen (secondary N) is 2. The monoisotopic (exact) mass is 546 g/mol. The molecule has 2 N–H and O–H groups in total. The Morgan fingerprint density at radius 2 is 1.90 bits per heavy atom. The zero-order chi connectivity index (χ0) is 20.6. The molecule has 0 bridgehead atoms. The van der Waals surface area contributed by atoms with Crippen LogP contribution in [0, 0.1) is 12.7 Å². The van der Waals surface area contributed by atoms with Gasteiger partial charge in [0.15, 0.2) is 5.96 Å². The average molecular weight is 546 g/mol. The number of hydrogen-bond acceptors (Lipinski definition) is 4. The quantitative estimate of drug-likeness (QED) is 0.314. The fourth-order valence-corrected chi connectivity index (χ4v) is 4.62. The largest absolute Gasteiger partial charge is 0.379 e. The normalized spacial score (nSPS) is 17.1. The number of nitrogens with zero attached hydrogens (tertiary/aromatic N) is 2. The summed E-state index contributed by atoms with van der Waals surface area (Å²) < 4.78 is 18.9. The highest BCUT2D eigenvalue weighted by Gasteiger charge is 2.23. The van der Waals surface area contributed by atoms with Gasteiger partial charge in [0.05, 0.1) is 19.3 Å². The highest BCUT2D eigenvalue weighted by Crippen LogP contribution is 2.22. The summed E-state index contributed by atoms with van der Waals surface area (Å²) in [7, 11) is 1.79. The second kappa shape index (κ2) is 12.6. The van der Waals surface area contributed by atoms with E-state index in [0.717, 1.165) is 44.2 Å². The number of hydrogen-bond donors (Lipinski definition) is 2. The first kappa shape index (κ1) is 25.0. The number of halogens is 2. The van der Waals surface area contributed by atoms with E-state index in [9.17, 15) is 4.39 Å². The molecule has 8 heteroatoms. The third-order valence-electron chi connectivity index (χ3n) is 5.11. The number of guanidine groups is 1. The van der Waals surface area contributed by atoms with Gasteiger partial charge in [-0.2, -0.15) is 0 Å². The second-order valence-corrected chi connectivity index (χ2v) is 8.80. The van der Waals surface area contributed by atoms with Crippen LogP contribution in [0.1, 0.15) is 28.3 Å². The fourth-order valence-electron chi connectivity index (χ4n) is 3.60. The Morgan fingerprint density at radius 1 is 1.20 bits per heavy atom. The molecule has 30 heavy (non-hydrogen) atoms. The van der Waals surface area contributed by atoms with Crippen LogP contribution in [0.5, 0.6) is 0 Å². The van der Waals surface area contributed by atoms with Gasteiger partial charge in [-0.15, -0.1) is 35.3 Å². The Hall–Kier alpha value is -1.23. The van der Waals surface area contributed by atoms with Gasteiger partial charge in [-0.3, -0.25) is 9.89 Å². The predicted octanol–water partition coefficient (Wildman–Crippen LogP) is 3.98. The topological polar surface area (TPSA) is 48.9 Å². The van der Waals surface area contributed by atoms with Crippen molar-refractivity contribution in [3.63, 3.8) is 0 Å². The van der Waals surface area contributed by atoms with Gasteiger partial charge >= 0.3 is 0 Å². The highest BCUT2D eigenvalue weighted by atomic mass is 127. The number of ether oxygens (including phenoxy) is 1. The van der Waals surface area contributed by atoms with E-state index in [1.807, 2.05) is 23.5 Å². The first-order chi connectivity index (χ1) is 14.0. The van der Waals surface area contributed by atoms with Gasteiger partial charge in [0.2, 0.25) is 0 Å². The lowest BCUT2D eigenvalue weighted by Crippen LogP contribution is -2.48. The molecule has 5 nitrogen and oxygen atoms in total. The van der Waals surface area contributed by atoms with E-state index < -0.39 is 0 Å². The van der Waals surface area contributed by atoms with Crippen LogP contribution in [-0.4, -0.2) is 56.8 Å². The van der Waals surface area contributed by atoms with Gasteiger partial charge < -0.3 is 15.4 Å². The van der Waals surface area contributed by atoms with E-state index in [-0.39, 0.29) is 41.9 Å². The molecule has 2 atom stereocenters. The van der Waals surface area contributed by atoms with Crippen LogP contribution in [0.25, 0.3) is 0 Å². The smallest absolute Gasteiger partial charge is 0.191 e. The number of benzene rings is 1. The molecule has 0 saturated carbocycles. The zero-order valence-electron chi connectivity index (χ0n) is 17.9. The van der Waals surface area contributed by atoms with Gasteiger partial charge in [-0.1, -0.05) is 12.1 Å². The summed E-state index contributed by atoms with van der Waals surface area (Å²) in [6, 6.07) is 11.6. The summed E-state index contributed by atoms with van der Waals surface area (Å²) >= 11 is 1.84. The number of aryl methyl sites for hydroxylation is 1. The predicted molar refractivity (Wildman–Crippen MR) is 134 cm³/mol. The first-order valence-electron chi connectivity index (χ1n) is 10.1. The lowest BCUT2D eigenvalue weighted by molar-refractivity contribution is 0.0170. The van der Waals surface area contributed by atoms with Crippen LogP contribution >= 0.6 is 35.3 Å². The Labute approximate surface area is 200 Å². The Bertz CT molecular complexity index is 793. The summed E-state index contributed by atoms with van der Waals surface area (Å²) in [4.78, 5) is 9.48. The minimum absolute atomic E-state index is 0. The van der Waals surface area contributed by atoms with Crippen LogP contribution in [0.15, 0.2) is 41.4 Å². The summed E-state index contributed by atoms with van der Waals surface area (Å²) in [5.41, 5.74) is 1.10. The standard InChI is InChI=1S/C22H31FN4OS.HI/c1-16(14-20-9-4-17(2)29-20)26-22(24-3)25-15-21(27-10-12-28-13-11-27)18-5-7-19(23)8-6-18;/h4-9,16,21H,10-15H2,1-3H3,(H2,24,25,26);1H. The zero-order valence-corrected chi connectivity index (χ0v) is 21.0. The molecule has 3 rings (SSSR count). The molecule has 1 aliphatic heterocycles. The van der Waals surface area contributed by atoms with Crippen molar-refractivity contribution in [1.29, 1.82) is 0 Å². The van der Waals surface area contributed by atoms with E-state index in [0.29, 0.717) is 6.54 Å². The van der Waals surface area contributed by atoms with E-state index in [2.05, 4.69) is 46.5 Å². The molecule has 2 aromatic rings. The van der Waals surface area contributed by atoms with Crippen LogP contribution in [0.4, 0.5) is 4.39 Å². The van der Waals surface area contributed by atoms with Crippen molar-refractivity contribution in [3.8, 4) is 0 Å². The summed E-state index contributed by atoms with van der Waals surface area (Å²) in [6.45, 7) is 8.17. The van der Waals surface area contributed by atoms with E-state index in [4.69, 9.17) is 4.74 Å². The van der Waals surface area contributed by atoms with Crippen LogP contribution in [-0.2, 0) is 11.2 Å². The maximum absolute atomic E-state index is 13.4. The summed E-state index contributed by atoms with van der Waals surface area (Å²) in [5, 5.41) is 6.95. The molecule has 1 aromatic heterocycles. The average Bonchev–Trinajstić information content (AvgIpc) is 3.13. The van der Waals surface area contributed by atoms with Crippen LogP contribution in [0.3, 0.4) is 0 Å². The lowest BCUT2D eigenvalue weighted by atomic mass is 10.0. The molecule has 0 amide bonds. The second-order valence-electron chi connectivity index (χ2n) is 7.43. The maximum Gasteiger partial charge on any atom is 0.191 e. The molecule has 2 unspecified atom stereocenters. The molecule has 0 spiro atoms. The summed E-state index contributed by atoms with van der Waals surface area (Å²) in [5.74, 6) is 0.573. The molecular formula is C22H32FIN4OS. The van der Waals surface area contributed by atoms with Crippen molar-refractivity contribution in [2.24, 2.45) is 4.99 Å². The maximum atomic E-state index is 13.4. The number of aliphatic imine (C=N–C) groups is 1. The minimum Gasteiger partial charge on any atom is -0.379 e. The van der Waals surface area contributed by atoms with Crippen molar-refractivity contribution in [2.75, 3.05) is 39.9 Å². The van der Waals surface area contributed by atoms with Crippen molar-refractivity contribution >= 4 is 41.3 Å². The fraction of sp³-hybridized carbons (Fsp3) is 0.500. The molecule has 1 saturated heterocycles. The van der Waals surface area contributed by atoms with Gasteiger partial charge in [-0.05, 0) is 43.7 Å². The SMILES string of the molecule is CN=C(NCC(c1ccc(F)cc1)N1CCOCC1)NC(C)Cc1ccc(C)s1.I. The Kier molecular flexibility index (Phi) is 10.5. The lowest BCUT2D eigenvalue weighted by Gasteiger charge is -2.35. The van der Waals surface area contributed by atoms with Gasteiger partial charge in [0.25, 0.3) is 0 Å². The first-order valence-corrected chi connectivity index (χ1v) is 11.0. The van der Waals surface area contributed by atoms with Crippen LogP contribution < -0.4 is 10.6 Å². The minimum atomic E-state index is -0.211. The Morgan fingerprint density at radius 3 is 2.50 bits per heavy atom. The van der Waals surface area contributed by atoms with E-state index in [1.165, 1.54) is 21.9 Å². The number of morpholine rings is 1. The van der Waals surface area contributed by atoms with Gasteiger partial charge in [-0.25, -0.2) is 4.39 Å². The third-order valence-corrected chi connectivity index (χ3v) is 6.14. The summed E-state index contributed by atoms with van der Waals surface area (Å²) in [6.07, 6.45) is 0.962. The van der Waals surface area contributed by atoms with Crippen LogP contribution in [0.2, 0.25) is 0 Å². The number of thiophene rings is 1. The van der Waals surface area contributed by atoms with Crippen molar-refractivity contribution in [3.05, 3.63) is 57.5 Å². The molecule has 2 heterocycles. The molecular weight excluding hydrogens is 514 g/mol. The molecule has 0 aliphatic carbocycles. The third kappa shape index (κ3) is 7.47. The molecule has 1 aliphatic rings. The highest BCUT2D eigenvalue weighted by molar-refractivity contribution is 14.0. The van der Waals surface area contributed by atoms with Crippen molar-refractivity contribution in [1.82, 2.24) is 15.5 Å². The van der Waals surface area contributed by atoms with Crippen molar-refractivity contribution in [2.45, 2.75) is 32.4 Å². The van der Waals surface area contributed by atoms with Crippen molar-refractivity contribution < 1.29 is 9.13 Å².